The highest BCUT2D eigenvalue weighted by Gasteiger charge is 2.24. The van der Waals surface area contributed by atoms with Crippen LogP contribution in [0.4, 0.5) is 0 Å². The van der Waals surface area contributed by atoms with Crippen molar-refractivity contribution in [2.75, 3.05) is 19.6 Å². The molecule has 1 aliphatic rings. The molecular formula is C12H26N2. The van der Waals surface area contributed by atoms with Gasteiger partial charge in [-0.25, -0.2) is 0 Å². The Balaban J connectivity index is 2.27. The zero-order chi connectivity index (χ0) is 10.4. The predicted octanol–water partition coefficient (Wildman–Crippen LogP) is 2.24. The zero-order valence-electron chi connectivity index (χ0n) is 9.84. The van der Waals surface area contributed by atoms with Crippen LogP contribution in [0.15, 0.2) is 0 Å². The Morgan fingerprint density at radius 3 is 2.57 bits per heavy atom. The third-order valence-electron chi connectivity index (χ3n) is 3.48. The average Bonchev–Trinajstić information content (AvgIpc) is 2.11. The molecule has 0 aromatic carbocycles. The first-order valence-electron chi connectivity index (χ1n) is 6.22. The van der Waals surface area contributed by atoms with E-state index in [9.17, 15) is 0 Å². The molecule has 0 bridgehead atoms. The van der Waals surface area contributed by atoms with Gasteiger partial charge in [0.15, 0.2) is 0 Å². The van der Waals surface area contributed by atoms with Crippen molar-refractivity contribution in [3.63, 3.8) is 0 Å². The standard InChI is InChI=1S/C12H26N2/c1-3-11(2)10-14(9-5-8-13)12-6-4-7-12/h11-12H,3-10,13H2,1-2H3. The van der Waals surface area contributed by atoms with E-state index >= 15 is 0 Å². The monoisotopic (exact) mass is 198 g/mol. The number of hydrogen-bond acceptors (Lipinski definition) is 2. The van der Waals surface area contributed by atoms with Crippen molar-refractivity contribution >= 4 is 0 Å². The van der Waals surface area contributed by atoms with Gasteiger partial charge in [-0.05, 0) is 38.3 Å². The van der Waals surface area contributed by atoms with Crippen molar-refractivity contribution in [2.24, 2.45) is 11.7 Å². The molecule has 2 N–H and O–H groups in total. The third kappa shape index (κ3) is 3.58. The summed E-state index contributed by atoms with van der Waals surface area (Å²) in [4.78, 5) is 2.67. The van der Waals surface area contributed by atoms with Gasteiger partial charge in [-0.15, -0.1) is 0 Å². The van der Waals surface area contributed by atoms with E-state index in [1.807, 2.05) is 0 Å². The van der Waals surface area contributed by atoms with Gasteiger partial charge in [-0.1, -0.05) is 26.7 Å². The van der Waals surface area contributed by atoms with Crippen LogP contribution >= 0.6 is 0 Å². The summed E-state index contributed by atoms with van der Waals surface area (Å²) in [5.41, 5.74) is 5.57. The number of hydrogen-bond donors (Lipinski definition) is 1. The van der Waals surface area contributed by atoms with Gasteiger partial charge in [-0.3, -0.25) is 0 Å². The molecular weight excluding hydrogens is 172 g/mol. The molecule has 2 heteroatoms. The molecule has 84 valence electrons. The van der Waals surface area contributed by atoms with Crippen LogP contribution in [-0.2, 0) is 0 Å². The number of rotatable bonds is 7. The second-order valence-corrected chi connectivity index (χ2v) is 4.74. The smallest absolute Gasteiger partial charge is 0.00954 e. The molecule has 0 aromatic rings. The van der Waals surface area contributed by atoms with Crippen LogP contribution in [-0.4, -0.2) is 30.6 Å². The SMILES string of the molecule is CCC(C)CN(CCCN)C1CCC1. The maximum absolute atomic E-state index is 5.57. The van der Waals surface area contributed by atoms with Gasteiger partial charge in [0, 0.05) is 12.6 Å². The molecule has 14 heavy (non-hydrogen) atoms. The van der Waals surface area contributed by atoms with E-state index in [0.717, 1.165) is 24.9 Å². The van der Waals surface area contributed by atoms with Gasteiger partial charge < -0.3 is 10.6 Å². The fourth-order valence-electron chi connectivity index (χ4n) is 2.00. The summed E-state index contributed by atoms with van der Waals surface area (Å²) in [5.74, 6) is 0.841. The second kappa shape index (κ2) is 6.41. The molecule has 1 rings (SSSR count). The molecule has 0 aromatic heterocycles. The molecule has 2 nitrogen and oxygen atoms in total. The number of nitrogens with zero attached hydrogens (tertiary/aromatic N) is 1. The van der Waals surface area contributed by atoms with E-state index < -0.39 is 0 Å². The van der Waals surface area contributed by atoms with Crippen molar-refractivity contribution in [3.05, 3.63) is 0 Å². The first kappa shape index (κ1) is 12.0. The van der Waals surface area contributed by atoms with Crippen LogP contribution in [0.5, 0.6) is 0 Å². The molecule has 1 unspecified atom stereocenters. The quantitative estimate of drug-likeness (QED) is 0.680. The average molecular weight is 198 g/mol. The fourth-order valence-corrected chi connectivity index (χ4v) is 2.00. The molecule has 1 atom stereocenters. The Kier molecular flexibility index (Phi) is 5.49. The van der Waals surface area contributed by atoms with Crippen LogP contribution in [0, 0.1) is 5.92 Å². The number of nitrogens with two attached hydrogens (primary N) is 1. The largest absolute Gasteiger partial charge is 0.330 e. The summed E-state index contributed by atoms with van der Waals surface area (Å²) in [6.45, 7) is 7.97. The van der Waals surface area contributed by atoms with Crippen molar-refractivity contribution in [1.82, 2.24) is 4.90 Å². The molecule has 0 amide bonds. The lowest BCUT2D eigenvalue weighted by Gasteiger charge is -2.39. The Morgan fingerprint density at radius 2 is 2.14 bits per heavy atom. The molecule has 0 aliphatic heterocycles. The van der Waals surface area contributed by atoms with Crippen molar-refractivity contribution < 1.29 is 0 Å². The van der Waals surface area contributed by atoms with Gasteiger partial charge in [0.05, 0.1) is 0 Å². The maximum atomic E-state index is 5.57. The zero-order valence-corrected chi connectivity index (χ0v) is 9.84. The highest BCUT2D eigenvalue weighted by molar-refractivity contribution is 4.80. The van der Waals surface area contributed by atoms with Gasteiger partial charge in [0.1, 0.15) is 0 Å². The molecule has 1 fully saturated rings. The Morgan fingerprint density at radius 1 is 1.43 bits per heavy atom. The Hall–Kier alpha value is -0.0800. The lowest BCUT2D eigenvalue weighted by Crippen LogP contribution is -2.43. The second-order valence-electron chi connectivity index (χ2n) is 4.74. The normalized spacial score (nSPS) is 19.7. The van der Waals surface area contributed by atoms with E-state index in [1.165, 1.54) is 38.8 Å². The van der Waals surface area contributed by atoms with E-state index in [2.05, 4.69) is 18.7 Å². The predicted molar refractivity (Wildman–Crippen MR) is 62.3 cm³/mol. The lowest BCUT2D eigenvalue weighted by atomic mass is 9.90. The van der Waals surface area contributed by atoms with Crippen LogP contribution in [0.2, 0.25) is 0 Å². The Bertz CT molecular complexity index is 143. The van der Waals surface area contributed by atoms with Gasteiger partial charge >= 0.3 is 0 Å². The first-order chi connectivity index (χ1) is 6.77. The molecule has 1 saturated carbocycles. The van der Waals surface area contributed by atoms with Crippen LogP contribution in [0.3, 0.4) is 0 Å². The summed E-state index contributed by atoms with van der Waals surface area (Å²) < 4.78 is 0. The van der Waals surface area contributed by atoms with E-state index in [1.54, 1.807) is 0 Å². The van der Waals surface area contributed by atoms with Crippen LogP contribution < -0.4 is 5.73 Å². The summed E-state index contributed by atoms with van der Waals surface area (Å²) in [7, 11) is 0. The van der Waals surface area contributed by atoms with Gasteiger partial charge in [0.2, 0.25) is 0 Å². The van der Waals surface area contributed by atoms with E-state index in [-0.39, 0.29) is 0 Å². The molecule has 0 saturated heterocycles. The molecule has 0 heterocycles. The Labute approximate surface area is 88.8 Å². The third-order valence-corrected chi connectivity index (χ3v) is 3.48. The molecule has 1 aliphatic carbocycles. The van der Waals surface area contributed by atoms with Gasteiger partial charge in [0.25, 0.3) is 0 Å². The first-order valence-corrected chi connectivity index (χ1v) is 6.22. The highest BCUT2D eigenvalue weighted by Crippen LogP contribution is 2.25. The summed E-state index contributed by atoms with van der Waals surface area (Å²) in [5, 5.41) is 0. The van der Waals surface area contributed by atoms with Crippen molar-refractivity contribution in [3.8, 4) is 0 Å². The van der Waals surface area contributed by atoms with Crippen LogP contribution in [0.25, 0.3) is 0 Å². The van der Waals surface area contributed by atoms with Crippen molar-refractivity contribution in [2.45, 2.75) is 52.0 Å². The molecule has 0 radical (unpaired) electrons. The summed E-state index contributed by atoms with van der Waals surface area (Å²) in [6.07, 6.45) is 6.73. The highest BCUT2D eigenvalue weighted by atomic mass is 15.2. The summed E-state index contributed by atoms with van der Waals surface area (Å²) >= 11 is 0. The lowest BCUT2D eigenvalue weighted by molar-refractivity contribution is 0.108. The summed E-state index contributed by atoms with van der Waals surface area (Å²) in [6, 6.07) is 0.885. The topological polar surface area (TPSA) is 29.3 Å². The van der Waals surface area contributed by atoms with E-state index in [4.69, 9.17) is 5.73 Å². The minimum Gasteiger partial charge on any atom is -0.330 e. The minimum atomic E-state index is 0.837. The van der Waals surface area contributed by atoms with Gasteiger partial charge in [-0.2, -0.15) is 0 Å². The van der Waals surface area contributed by atoms with Crippen molar-refractivity contribution in [1.29, 1.82) is 0 Å². The maximum Gasteiger partial charge on any atom is 0.00954 e. The molecule has 0 spiro atoms. The van der Waals surface area contributed by atoms with Crippen LogP contribution in [0.1, 0.15) is 46.0 Å². The minimum absolute atomic E-state index is 0.837. The fraction of sp³-hybridized carbons (Fsp3) is 1.00. The van der Waals surface area contributed by atoms with E-state index in [0.29, 0.717) is 0 Å².